The zero-order valence-corrected chi connectivity index (χ0v) is 24.3. The monoisotopic (exact) mass is 542 g/mol. The van der Waals surface area contributed by atoms with Crippen molar-refractivity contribution in [1.29, 1.82) is 0 Å². The summed E-state index contributed by atoms with van der Waals surface area (Å²) in [6.07, 6.45) is 5.21. The molecule has 208 valence electrons. The summed E-state index contributed by atoms with van der Waals surface area (Å²) in [5.41, 5.74) is 3.99. The molecule has 0 unspecified atom stereocenters. The molecule has 2 aromatic rings. The van der Waals surface area contributed by atoms with E-state index in [1.807, 2.05) is 57.2 Å². The number of hydrogen-bond acceptors (Lipinski definition) is 4. The second-order valence-corrected chi connectivity index (χ2v) is 12.7. The quantitative estimate of drug-likeness (QED) is 0.490. The minimum Gasteiger partial charge on any atom is -0.352 e. The predicted molar refractivity (Wildman–Crippen MR) is 152 cm³/mol. The van der Waals surface area contributed by atoms with E-state index < -0.39 is 28.7 Å². The summed E-state index contributed by atoms with van der Waals surface area (Å²) in [4.78, 5) is 28.8. The molecule has 1 aliphatic rings. The van der Waals surface area contributed by atoms with E-state index in [-0.39, 0.29) is 18.5 Å². The summed E-state index contributed by atoms with van der Waals surface area (Å²) in [5, 5.41) is 3.13. The maximum atomic E-state index is 13.9. The number of nitrogens with one attached hydrogen (secondary N) is 1. The summed E-state index contributed by atoms with van der Waals surface area (Å²) < 4.78 is 29.1. The van der Waals surface area contributed by atoms with E-state index in [0.717, 1.165) is 56.5 Å². The van der Waals surface area contributed by atoms with Gasteiger partial charge >= 0.3 is 10.2 Å². The van der Waals surface area contributed by atoms with Crippen LogP contribution in [0.2, 0.25) is 0 Å². The lowest BCUT2D eigenvalue weighted by atomic mass is 9.95. The fourth-order valence-corrected chi connectivity index (χ4v) is 5.96. The van der Waals surface area contributed by atoms with Crippen LogP contribution in [0.15, 0.2) is 42.5 Å². The van der Waals surface area contributed by atoms with Crippen LogP contribution in [0, 0.1) is 20.8 Å². The normalized spacial score (nSPS) is 15.2. The Morgan fingerprint density at radius 3 is 2.26 bits per heavy atom. The third-order valence-corrected chi connectivity index (χ3v) is 9.01. The minimum absolute atomic E-state index is 0.107. The zero-order chi connectivity index (χ0) is 28.0. The third kappa shape index (κ3) is 7.35. The van der Waals surface area contributed by atoms with Crippen molar-refractivity contribution < 1.29 is 18.0 Å². The van der Waals surface area contributed by atoms with E-state index in [4.69, 9.17) is 0 Å². The highest BCUT2D eigenvalue weighted by Gasteiger charge is 2.34. The Balaban J connectivity index is 1.95. The molecule has 1 aliphatic carbocycles. The molecule has 8 nitrogen and oxygen atoms in total. The first kappa shape index (κ1) is 29.6. The number of benzene rings is 2. The lowest BCUT2D eigenvalue weighted by Crippen LogP contribution is -2.53. The lowest BCUT2D eigenvalue weighted by Gasteiger charge is -2.34. The van der Waals surface area contributed by atoms with Crippen LogP contribution in [0.3, 0.4) is 0 Å². The summed E-state index contributed by atoms with van der Waals surface area (Å²) >= 11 is 0. The number of hydrogen-bond donors (Lipinski definition) is 1. The summed E-state index contributed by atoms with van der Waals surface area (Å²) in [6.45, 7) is 7.17. The molecule has 0 heterocycles. The number of rotatable bonds is 10. The van der Waals surface area contributed by atoms with Crippen molar-refractivity contribution in [2.24, 2.45) is 0 Å². The van der Waals surface area contributed by atoms with Crippen LogP contribution in [0.25, 0.3) is 0 Å². The Kier molecular flexibility index (Phi) is 9.95. The molecule has 1 saturated carbocycles. The van der Waals surface area contributed by atoms with Crippen LogP contribution in [0.1, 0.15) is 61.3 Å². The smallest absolute Gasteiger partial charge is 0.304 e. The first-order valence-corrected chi connectivity index (χ1v) is 14.7. The van der Waals surface area contributed by atoms with Crippen molar-refractivity contribution in [2.75, 3.05) is 24.9 Å². The van der Waals surface area contributed by atoms with Gasteiger partial charge < -0.3 is 10.2 Å². The van der Waals surface area contributed by atoms with E-state index >= 15 is 0 Å². The molecular weight excluding hydrogens is 500 g/mol. The molecule has 0 saturated heterocycles. The summed E-state index contributed by atoms with van der Waals surface area (Å²) in [5.74, 6) is -0.657. The van der Waals surface area contributed by atoms with Crippen LogP contribution >= 0.6 is 0 Å². The number of anilines is 1. The number of carbonyl (C=O) groups is 2. The van der Waals surface area contributed by atoms with E-state index in [9.17, 15) is 18.0 Å². The maximum absolute atomic E-state index is 13.9. The molecule has 0 bridgehead atoms. The number of nitrogens with zero attached hydrogens (tertiary/aromatic N) is 3. The van der Waals surface area contributed by atoms with Crippen LogP contribution in [0.4, 0.5) is 5.69 Å². The number of carbonyl (C=O) groups excluding carboxylic acids is 2. The van der Waals surface area contributed by atoms with Gasteiger partial charge in [0.2, 0.25) is 11.8 Å². The largest absolute Gasteiger partial charge is 0.352 e. The van der Waals surface area contributed by atoms with Gasteiger partial charge in [0.1, 0.15) is 12.6 Å². The molecule has 0 radical (unpaired) electrons. The van der Waals surface area contributed by atoms with Crippen molar-refractivity contribution in [2.45, 2.75) is 78.4 Å². The Morgan fingerprint density at radius 2 is 1.63 bits per heavy atom. The molecule has 2 aromatic carbocycles. The molecule has 1 atom stereocenters. The summed E-state index contributed by atoms with van der Waals surface area (Å²) in [7, 11) is -1.10. The molecule has 1 N–H and O–H groups in total. The Morgan fingerprint density at radius 1 is 0.974 bits per heavy atom. The van der Waals surface area contributed by atoms with Crippen LogP contribution in [-0.4, -0.2) is 62.2 Å². The first-order valence-electron chi connectivity index (χ1n) is 13.3. The fourth-order valence-electron chi connectivity index (χ4n) is 4.85. The molecule has 0 spiro atoms. The lowest BCUT2D eigenvalue weighted by molar-refractivity contribution is -0.139. The second-order valence-electron chi connectivity index (χ2n) is 10.6. The van der Waals surface area contributed by atoms with E-state index in [2.05, 4.69) is 5.32 Å². The topological polar surface area (TPSA) is 90.0 Å². The van der Waals surface area contributed by atoms with E-state index in [1.54, 1.807) is 13.0 Å². The predicted octanol–water partition coefficient (Wildman–Crippen LogP) is 4.09. The SMILES string of the molecule is Cc1cccc(CN(C(=O)CN(c2cc(C)ccc2C)S(=O)(=O)N(C)C)[C@@H](C)C(=O)NC2CCCCC2)c1. The van der Waals surface area contributed by atoms with Gasteiger partial charge in [-0.05, 0) is 63.3 Å². The van der Waals surface area contributed by atoms with Gasteiger partial charge in [-0.3, -0.25) is 9.59 Å². The standard InChI is InChI=1S/C29H42N4O4S/c1-21-11-10-12-25(17-21)19-32(24(4)29(35)30-26-13-8-7-9-14-26)28(34)20-33(38(36,37)31(5)6)27-18-22(2)15-16-23(27)3/h10-12,15-18,24,26H,7-9,13-14,19-20H2,1-6H3,(H,30,35)/t24-/m0/s1. The zero-order valence-electron chi connectivity index (χ0n) is 23.5. The van der Waals surface area contributed by atoms with Gasteiger partial charge in [-0.15, -0.1) is 0 Å². The Hall–Kier alpha value is -2.91. The second kappa shape index (κ2) is 12.8. The Bertz CT molecular complexity index is 1240. The van der Waals surface area contributed by atoms with Crippen molar-refractivity contribution in [3.8, 4) is 0 Å². The molecule has 2 amide bonds. The van der Waals surface area contributed by atoms with Gasteiger partial charge in [-0.25, -0.2) is 4.31 Å². The van der Waals surface area contributed by atoms with E-state index in [1.165, 1.54) is 25.4 Å². The first-order chi connectivity index (χ1) is 17.9. The van der Waals surface area contributed by atoms with Crippen molar-refractivity contribution in [3.05, 3.63) is 64.7 Å². The number of amides is 2. The molecule has 38 heavy (non-hydrogen) atoms. The average molecular weight is 543 g/mol. The fraction of sp³-hybridized carbons (Fsp3) is 0.517. The highest BCUT2D eigenvalue weighted by atomic mass is 32.2. The van der Waals surface area contributed by atoms with Gasteiger partial charge in [-0.1, -0.05) is 61.2 Å². The molecule has 0 aromatic heterocycles. The van der Waals surface area contributed by atoms with Gasteiger partial charge in [0.05, 0.1) is 5.69 Å². The molecular formula is C29H42N4O4S. The highest BCUT2D eigenvalue weighted by molar-refractivity contribution is 7.90. The van der Waals surface area contributed by atoms with Crippen molar-refractivity contribution >= 4 is 27.7 Å². The molecule has 1 fully saturated rings. The maximum Gasteiger partial charge on any atom is 0.304 e. The third-order valence-electron chi connectivity index (χ3n) is 7.21. The van der Waals surface area contributed by atoms with Crippen LogP contribution < -0.4 is 9.62 Å². The van der Waals surface area contributed by atoms with Crippen LogP contribution in [-0.2, 0) is 26.3 Å². The van der Waals surface area contributed by atoms with Gasteiger partial charge in [-0.2, -0.15) is 12.7 Å². The number of aryl methyl sites for hydroxylation is 3. The van der Waals surface area contributed by atoms with E-state index in [0.29, 0.717) is 5.69 Å². The average Bonchev–Trinajstić information content (AvgIpc) is 2.87. The minimum atomic E-state index is -3.99. The van der Waals surface area contributed by atoms with Crippen molar-refractivity contribution in [3.63, 3.8) is 0 Å². The summed E-state index contributed by atoms with van der Waals surface area (Å²) in [6, 6.07) is 12.6. The Labute approximate surface area is 228 Å². The van der Waals surface area contributed by atoms with Gasteiger partial charge in [0, 0.05) is 26.7 Å². The molecule has 9 heteroatoms. The molecule has 0 aliphatic heterocycles. The highest BCUT2D eigenvalue weighted by Crippen LogP contribution is 2.26. The van der Waals surface area contributed by atoms with Gasteiger partial charge in [0.25, 0.3) is 0 Å². The molecule has 3 rings (SSSR count). The van der Waals surface area contributed by atoms with Gasteiger partial charge in [0.15, 0.2) is 0 Å². The van der Waals surface area contributed by atoms with Crippen LogP contribution in [0.5, 0.6) is 0 Å². The van der Waals surface area contributed by atoms with Crippen molar-refractivity contribution in [1.82, 2.24) is 14.5 Å².